The van der Waals surface area contributed by atoms with E-state index in [4.69, 9.17) is 5.73 Å². The molecule has 0 amide bonds. The Labute approximate surface area is 115 Å². The molecule has 1 aliphatic carbocycles. The topological polar surface area (TPSA) is 69.2 Å². The van der Waals surface area contributed by atoms with Crippen LogP contribution in [0.2, 0.25) is 0 Å². The van der Waals surface area contributed by atoms with Crippen LogP contribution in [0.25, 0.3) is 11.1 Å². The number of anilines is 1. The Balaban J connectivity index is 2.06. The number of fused-ring (bicyclic) bond motifs is 1. The zero-order chi connectivity index (χ0) is 13.4. The number of aryl methyl sites for hydroxylation is 1. The van der Waals surface area contributed by atoms with E-state index in [1.165, 1.54) is 23.3 Å². The van der Waals surface area contributed by atoms with Crippen molar-refractivity contribution in [2.45, 2.75) is 25.7 Å². The van der Waals surface area contributed by atoms with Gasteiger partial charge in [0.2, 0.25) is 0 Å². The molecule has 1 aromatic heterocycles. The number of nitro benzene ring substituents is 1. The number of hydrogen-bond acceptors (Lipinski definition) is 4. The van der Waals surface area contributed by atoms with Crippen molar-refractivity contribution in [2.75, 3.05) is 5.73 Å². The van der Waals surface area contributed by atoms with Gasteiger partial charge >= 0.3 is 0 Å². The zero-order valence-electron chi connectivity index (χ0n) is 10.4. The van der Waals surface area contributed by atoms with Crippen LogP contribution < -0.4 is 5.73 Å². The number of nitro groups is 1. The number of nitrogens with two attached hydrogens (primary N) is 1. The first-order valence-electron chi connectivity index (χ1n) is 6.31. The van der Waals surface area contributed by atoms with Crippen molar-refractivity contribution in [2.24, 2.45) is 0 Å². The molecule has 4 nitrogen and oxygen atoms in total. The molecule has 1 heterocycles. The number of hydrogen-bond donors (Lipinski definition) is 1. The van der Waals surface area contributed by atoms with Crippen LogP contribution in [0.1, 0.15) is 23.3 Å². The van der Waals surface area contributed by atoms with E-state index in [2.05, 4.69) is 0 Å². The van der Waals surface area contributed by atoms with Gasteiger partial charge in [-0.2, -0.15) is 0 Å². The van der Waals surface area contributed by atoms with Gasteiger partial charge in [-0.3, -0.25) is 10.1 Å². The molecule has 0 bridgehead atoms. The highest BCUT2D eigenvalue weighted by Gasteiger charge is 2.20. The molecule has 0 atom stereocenters. The Bertz CT molecular complexity index is 632. The SMILES string of the molecule is Nc1sc2c(c1-c1ccc([N+](=O)[O-])cc1)CCCC2. The second-order valence-electron chi connectivity index (χ2n) is 4.75. The third-order valence-corrected chi connectivity index (χ3v) is 4.69. The van der Waals surface area contributed by atoms with Crippen LogP contribution in [0.5, 0.6) is 0 Å². The quantitative estimate of drug-likeness (QED) is 0.669. The summed E-state index contributed by atoms with van der Waals surface area (Å²) >= 11 is 1.67. The molecule has 0 unspecified atom stereocenters. The first-order valence-corrected chi connectivity index (χ1v) is 7.13. The monoisotopic (exact) mass is 274 g/mol. The van der Waals surface area contributed by atoms with Crippen LogP contribution in [0, 0.1) is 10.1 Å². The van der Waals surface area contributed by atoms with Crippen molar-refractivity contribution in [3.8, 4) is 11.1 Å². The van der Waals surface area contributed by atoms with Gasteiger partial charge in [-0.1, -0.05) is 0 Å². The number of non-ortho nitro benzene ring substituents is 1. The number of thiophene rings is 1. The molecule has 0 spiro atoms. The van der Waals surface area contributed by atoms with E-state index in [-0.39, 0.29) is 10.6 Å². The predicted molar refractivity (Wildman–Crippen MR) is 77.5 cm³/mol. The van der Waals surface area contributed by atoms with Crippen LogP contribution in [-0.2, 0) is 12.8 Å². The molecule has 2 aromatic rings. The molecule has 0 fully saturated rings. The molecule has 0 aliphatic heterocycles. The standard InChI is InChI=1S/C14H14N2O2S/c15-14-13(11-3-1-2-4-12(11)19-14)9-5-7-10(8-6-9)16(17)18/h5-8H,1-4,15H2. The Morgan fingerprint density at radius 3 is 2.53 bits per heavy atom. The Morgan fingerprint density at radius 1 is 1.16 bits per heavy atom. The van der Waals surface area contributed by atoms with E-state index in [0.29, 0.717) is 0 Å². The van der Waals surface area contributed by atoms with E-state index in [1.54, 1.807) is 35.6 Å². The summed E-state index contributed by atoms with van der Waals surface area (Å²) in [5, 5.41) is 11.5. The van der Waals surface area contributed by atoms with E-state index in [9.17, 15) is 10.1 Å². The molecule has 5 heteroatoms. The van der Waals surface area contributed by atoms with E-state index in [1.807, 2.05) is 0 Å². The molecule has 0 saturated heterocycles. The molecule has 19 heavy (non-hydrogen) atoms. The molecule has 98 valence electrons. The van der Waals surface area contributed by atoms with Gasteiger partial charge in [0.15, 0.2) is 0 Å². The minimum Gasteiger partial charge on any atom is -0.390 e. The minimum atomic E-state index is -0.379. The zero-order valence-corrected chi connectivity index (χ0v) is 11.2. The van der Waals surface area contributed by atoms with Crippen molar-refractivity contribution in [1.29, 1.82) is 0 Å². The van der Waals surface area contributed by atoms with Crippen molar-refractivity contribution in [3.63, 3.8) is 0 Å². The Hall–Kier alpha value is -1.88. The number of rotatable bonds is 2. The van der Waals surface area contributed by atoms with Crippen LogP contribution >= 0.6 is 11.3 Å². The number of nitrogen functional groups attached to an aromatic ring is 1. The average molecular weight is 274 g/mol. The molecule has 1 aliphatic rings. The molecule has 1 aromatic carbocycles. The first kappa shape index (κ1) is 12.2. The maximum atomic E-state index is 10.7. The second-order valence-corrected chi connectivity index (χ2v) is 5.89. The molecular weight excluding hydrogens is 260 g/mol. The van der Waals surface area contributed by atoms with Crippen molar-refractivity contribution >= 4 is 22.0 Å². The molecule has 2 N–H and O–H groups in total. The Morgan fingerprint density at radius 2 is 1.84 bits per heavy atom. The van der Waals surface area contributed by atoms with Crippen LogP contribution in [-0.4, -0.2) is 4.92 Å². The third kappa shape index (κ3) is 2.10. The summed E-state index contributed by atoms with van der Waals surface area (Å²) < 4.78 is 0. The van der Waals surface area contributed by atoms with E-state index < -0.39 is 0 Å². The van der Waals surface area contributed by atoms with Crippen molar-refractivity contribution < 1.29 is 4.92 Å². The summed E-state index contributed by atoms with van der Waals surface area (Å²) in [4.78, 5) is 11.7. The van der Waals surface area contributed by atoms with Gasteiger partial charge in [-0.25, -0.2) is 0 Å². The second kappa shape index (κ2) is 4.66. The lowest BCUT2D eigenvalue weighted by molar-refractivity contribution is -0.384. The smallest absolute Gasteiger partial charge is 0.269 e. The summed E-state index contributed by atoms with van der Waals surface area (Å²) in [5.41, 5.74) is 9.68. The molecular formula is C14H14N2O2S. The van der Waals surface area contributed by atoms with Crippen molar-refractivity contribution in [3.05, 3.63) is 44.8 Å². The predicted octanol–water partition coefficient (Wildman–Crippen LogP) is 3.78. The average Bonchev–Trinajstić information content (AvgIpc) is 2.74. The normalized spacial score (nSPS) is 14.1. The third-order valence-electron chi connectivity index (χ3n) is 3.57. The van der Waals surface area contributed by atoms with Crippen LogP contribution in [0.15, 0.2) is 24.3 Å². The van der Waals surface area contributed by atoms with Gasteiger partial charge < -0.3 is 5.73 Å². The van der Waals surface area contributed by atoms with Gasteiger partial charge in [-0.05, 0) is 48.9 Å². The minimum absolute atomic E-state index is 0.117. The number of nitrogens with zero attached hydrogens (tertiary/aromatic N) is 1. The van der Waals surface area contributed by atoms with Crippen LogP contribution in [0.4, 0.5) is 10.7 Å². The summed E-state index contributed by atoms with van der Waals surface area (Å²) in [7, 11) is 0. The Kier molecular flexibility index (Phi) is 2.98. The van der Waals surface area contributed by atoms with Crippen molar-refractivity contribution in [1.82, 2.24) is 0 Å². The lowest BCUT2D eigenvalue weighted by Gasteiger charge is -2.12. The molecule has 0 saturated carbocycles. The molecule has 0 radical (unpaired) electrons. The van der Waals surface area contributed by atoms with E-state index >= 15 is 0 Å². The summed E-state index contributed by atoms with van der Waals surface area (Å²) in [6.07, 6.45) is 4.60. The largest absolute Gasteiger partial charge is 0.390 e. The lowest BCUT2D eigenvalue weighted by atomic mass is 9.92. The fourth-order valence-corrected chi connectivity index (χ4v) is 3.84. The summed E-state index contributed by atoms with van der Waals surface area (Å²) in [6, 6.07) is 6.68. The van der Waals surface area contributed by atoms with Gasteiger partial charge in [0.1, 0.15) is 0 Å². The highest BCUT2D eigenvalue weighted by Crippen LogP contribution is 2.42. The first-order chi connectivity index (χ1) is 9.16. The highest BCUT2D eigenvalue weighted by atomic mass is 32.1. The summed E-state index contributed by atoms with van der Waals surface area (Å²) in [6.45, 7) is 0. The highest BCUT2D eigenvalue weighted by molar-refractivity contribution is 7.16. The summed E-state index contributed by atoms with van der Waals surface area (Å²) in [5.74, 6) is 0. The fraction of sp³-hybridized carbons (Fsp3) is 0.286. The van der Waals surface area contributed by atoms with Gasteiger partial charge in [0, 0.05) is 22.6 Å². The number of benzene rings is 1. The van der Waals surface area contributed by atoms with Gasteiger partial charge in [0.25, 0.3) is 5.69 Å². The van der Waals surface area contributed by atoms with Gasteiger partial charge in [0.05, 0.1) is 9.92 Å². The van der Waals surface area contributed by atoms with Crippen LogP contribution in [0.3, 0.4) is 0 Å². The fourth-order valence-electron chi connectivity index (χ4n) is 2.65. The molecule has 3 rings (SSSR count). The van der Waals surface area contributed by atoms with Gasteiger partial charge in [-0.15, -0.1) is 11.3 Å². The lowest BCUT2D eigenvalue weighted by Crippen LogP contribution is -1.99. The maximum absolute atomic E-state index is 10.7. The van der Waals surface area contributed by atoms with E-state index in [0.717, 1.165) is 29.0 Å². The maximum Gasteiger partial charge on any atom is 0.269 e.